The average Bonchev–Trinajstić information content (AvgIpc) is 1.98. The Morgan fingerprint density at radius 1 is 1.36 bits per heavy atom. The Morgan fingerprint density at radius 2 is 1.91 bits per heavy atom. The van der Waals surface area contributed by atoms with Crippen molar-refractivity contribution in [3.8, 4) is 0 Å². The van der Waals surface area contributed by atoms with Crippen LogP contribution in [0.2, 0.25) is 0 Å². The van der Waals surface area contributed by atoms with E-state index in [-0.39, 0.29) is 12.7 Å². The molecule has 0 heterocycles. The molecule has 11 heavy (non-hydrogen) atoms. The van der Waals surface area contributed by atoms with E-state index in [4.69, 9.17) is 9.84 Å². The molecule has 0 aliphatic carbocycles. The van der Waals surface area contributed by atoms with Crippen molar-refractivity contribution in [3.63, 3.8) is 0 Å². The Balaban J connectivity index is 3.74. The first-order chi connectivity index (χ1) is 5.11. The van der Waals surface area contributed by atoms with Crippen molar-refractivity contribution >= 4 is 0 Å². The van der Waals surface area contributed by atoms with E-state index in [9.17, 15) is 5.11 Å². The fourth-order valence-corrected chi connectivity index (χ4v) is 0.868. The lowest BCUT2D eigenvalue weighted by Gasteiger charge is -2.22. The summed E-state index contributed by atoms with van der Waals surface area (Å²) in [5, 5.41) is 18.1. The minimum atomic E-state index is -0.553. The van der Waals surface area contributed by atoms with Gasteiger partial charge in [0.05, 0.1) is 18.8 Å². The molecular weight excluding hydrogens is 144 g/mol. The van der Waals surface area contributed by atoms with Crippen LogP contribution in [-0.2, 0) is 4.74 Å². The molecule has 0 rings (SSSR count). The van der Waals surface area contributed by atoms with Crippen molar-refractivity contribution in [1.82, 2.24) is 0 Å². The van der Waals surface area contributed by atoms with Crippen LogP contribution < -0.4 is 0 Å². The Morgan fingerprint density at radius 3 is 2.18 bits per heavy atom. The summed E-state index contributed by atoms with van der Waals surface area (Å²) in [6.45, 7) is 5.50. The molecule has 0 aromatic carbocycles. The van der Waals surface area contributed by atoms with Gasteiger partial charge >= 0.3 is 0 Å². The summed E-state index contributed by atoms with van der Waals surface area (Å²) in [5.74, 6) is 0. The van der Waals surface area contributed by atoms with Crippen LogP contribution in [0, 0.1) is 0 Å². The van der Waals surface area contributed by atoms with Crippen molar-refractivity contribution in [2.24, 2.45) is 0 Å². The Bertz CT molecular complexity index is 93.3. The van der Waals surface area contributed by atoms with E-state index in [1.54, 1.807) is 0 Å². The highest BCUT2D eigenvalue weighted by Gasteiger charge is 2.17. The quantitative estimate of drug-likeness (QED) is 0.620. The summed E-state index contributed by atoms with van der Waals surface area (Å²) < 4.78 is 5.25. The zero-order valence-electron chi connectivity index (χ0n) is 7.45. The van der Waals surface area contributed by atoms with Crippen LogP contribution in [-0.4, -0.2) is 35.1 Å². The summed E-state index contributed by atoms with van der Waals surface area (Å²) in [6, 6.07) is 0. The van der Waals surface area contributed by atoms with E-state index in [0.29, 0.717) is 6.42 Å². The topological polar surface area (TPSA) is 49.7 Å². The summed E-state index contributed by atoms with van der Waals surface area (Å²) >= 11 is 0. The normalized spacial score (nSPS) is 16.9. The van der Waals surface area contributed by atoms with Crippen molar-refractivity contribution in [2.75, 3.05) is 6.61 Å². The fourth-order valence-electron chi connectivity index (χ4n) is 0.868. The van der Waals surface area contributed by atoms with Crippen LogP contribution in [0.1, 0.15) is 27.2 Å². The second kappa shape index (κ2) is 5.52. The molecule has 0 spiro atoms. The standard InChI is InChI=1S/C8H18O3/c1-4-7(10)8(5-9)11-6(2)3/h6-10H,4-5H2,1-3H3/t7-,8-/m0/s1. The molecule has 68 valence electrons. The van der Waals surface area contributed by atoms with Crippen molar-refractivity contribution in [1.29, 1.82) is 0 Å². The highest BCUT2D eigenvalue weighted by Crippen LogP contribution is 2.05. The first-order valence-electron chi connectivity index (χ1n) is 4.06. The SMILES string of the molecule is CC[C@H](O)[C@H](CO)OC(C)C. The van der Waals surface area contributed by atoms with E-state index >= 15 is 0 Å². The van der Waals surface area contributed by atoms with Crippen molar-refractivity contribution in [2.45, 2.75) is 45.5 Å². The third-order valence-electron chi connectivity index (χ3n) is 1.47. The number of hydrogen-bond acceptors (Lipinski definition) is 3. The maximum Gasteiger partial charge on any atom is 0.107 e. The van der Waals surface area contributed by atoms with Gasteiger partial charge in [-0.15, -0.1) is 0 Å². The molecule has 2 N–H and O–H groups in total. The molecule has 0 aromatic rings. The molecular formula is C8H18O3. The van der Waals surface area contributed by atoms with Gasteiger partial charge in [0.2, 0.25) is 0 Å². The van der Waals surface area contributed by atoms with Crippen LogP contribution in [0.15, 0.2) is 0 Å². The van der Waals surface area contributed by atoms with E-state index in [1.165, 1.54) is 0 Å². The van der Waals surface area contributed by atoms with Gasteiger partial charge < -0.3 is 14.9 Å². The minimum Gasteiger partial charge on any atom is -0.394 e. The van der Waals surface area contributed by atoms with E-state index < -0.39 is 12.2 Å². The lowest BCUT2D eigenvalue weighted by atomic mass is 10.1. The van der Waals surface area contributed by atoms with Crippen molar-refractivity contribution < 1.29 is 14.9 Å². The molecule has 0 aliphatic rings. The predicted octanol–water partition coefficient (Wildman–Crippen LogP) is 0.543. The van der Waals surface area contributed by atoms with Crippen LogP contribution in [0.4, 0.5) is 0 Å². The second-order valence-corrected chi connectivity index (χ2v) is 2.88. The number of hydrogen-bond donors (Lipinski definition) is 2. The molecule has 3 heteroatoms. The molecule has 0 amide bonds. The monoisotopic (exact) mass is 162 g/mol. The van der Waals surface area contributed by atoms with Crippen LogP contribution in [0.5, 0.6) is 0 Å². The van der Waals surface area contributed by atoms with Gasteiger partial charge in [-0.25, -0.2) is 0 Å². The van der Waals surface area contributed by atoms with Gasteiger partial charge in [-0.3, -0.25) is 0 Å². The highest BCUT2D eigenvalue weighted by atomic mass is 16.5. The van der Waals surface area contributed by atoms with Gasteiger partial charge in [-0.05, 0) is 20.3 Å². The van der Waals surface area contributed by atoms with Crippen LogP contribution in [0.25, 0.3) is 0 Å². The molecule has 3 nitrogen and oxygen atoms in total. The largest absolute Gasteiger partial charge is 0.394 e. The summed E-state index contributed by atoms with van der Waals surface area (Å²) in [6.07, 6.45) is -0.325. The van der Waals surface area contributed by atoms with Gasteiger partial charge in [0.1, 0.15) is 6.10 Å². The van der Waals surface area contributed by atoms with E-state index in [2.05, 4.69) is 0 Å². The van der Waals surface area contributed by atoms with Gasteiger partial charge in [0.15, 0.2) is 0 Å². The second-order valence-electron chi connectivity index (χ2n) is 2.88. The van der Waals surface area contributed by atoms with E-state index in [0.717, 1.165) is 0 Å². The van der Waals surface area contributed by atoms with E-state index in [1.807, 2.05) is 20.8 Å². The van der Waals surface area contributed by atoms with Gasteiger partial charge in [0, 0.05) is 0 Å². The van der Waals surface area contributed by atoms with Crippen LogP contribution >= 0.6 is 0 Å². The van der Waals surface area contributed by atoms with Gasteiger partial charge in [-0.2, -0.15) is 0 Å². The number of rotatable bonds is 5. The molecule has 0 aromatic heterocycles. The lowest BCUT2D eigenvalue weighted by Crippen LogP contribution is -2.33. The molecule has 0 unspecified atom stereocenters. The lowest BCUT2D eigenvalue weighted by molar-refractivity contribution is -0.0877. The Hall–Kier alpha value is -0.120. The van der Waals surface area contributed by atoms with Gasteiger partial charge in [0.25, 0.3) is 0 Å². The van der Waals surface area contributed by atoms with Crippen molar-refractivity contribution in [3.05, 3.63) is 0 Å². The fraction of sp³-hybridized carbons (Fsp3) is 1.00. The predicted molar refractivity (Wildman–Crippen MR) is 43.4 cm³/mol. The number of aliphatic hydroxyl groups is 2. The average molecular weight is 162 g/mol. The third kappa shape index (κ3) is 4.35. The zero-order valence-corrected chi connectivity index (χ0v) is 7.45. The molecule has 0 aliphatic heterocycles. The molecule has 2 atom stereocenters. The molecule has 0 fully saturated rings. The smallest absolute Gasteiger partial charge is 0.107 e. The molecule has 0 saturated carbocycles. The minimum absolute atomic E-state index is 0.0494. The maximum absolute atomic E-state index is 9.28. The Kier molecular flexibility index (Phi) is 5.46. The summed E-state index contributed by atoms with van der Waals surface area (Å²) in [4.78, 5) is 0. The highest BCUT2D eigenvalue weighted by molar-refractivity contribution is 4.66. The number of aliphatic hydroxyl groups excluding tert-OH is 2. The molecule has 0 radical (unpaired) electrons. The molecule has 0 saturated heterocycles. The first-order valence-corrected chi connectivity index (χ1v) is 4.06. The Labute approximate surface area is 68.0 Å². The summed E-state index contributed by atoms with van der Waals surface area (Å²) in [5.41, 5.74) is 0. The van der Waals surface area contributed by atoms with Gasteiger partial charge in [-0.1, -0.05) is 6.92 Å². The zero-order chi connectivity index (χ0) is 8.85. The van der Waals surface area contributed by atoms with Crippen LogP contribution in [0.3, 0.4) is 0 Å². The third-order valence-corrected chi connectivity index (χ3v) is 1.47. The number of ether oxygens (including phenoxy) is 1. The first kappa shape index (κ1) is 10.9. The molecule has 0 bridgehead atoms. The maximum atomic E-state index is 9.28. The summed E-state index contributed by atoms with van der Waals surface area (Å²) in [7, 11) is 0.